The Hall–Kier alpha value is -0.377. The first-order chi connectivity index (χ1) is 2.41. The van der Waals surface area contributed by atoms with E-state index in [1.54, 1.807) is 10.7 Å². The average Bonchev–Trinajstić information content (AvgIpc) is 1.41. The molecule has 0 bridgehead atoms. The second-order valence-corrected chi connectivity index (χ2v) is 0.231. The largest absolute Gasteiger partial charge is 0.187 e. The van der Waals surface area contributed by atoms with Gasteiger partial charge in [0, 0.05) is 19.5 Å². The molecule has 0 amide bonds. The molecule has 0 aliphatic rings. The molecule has 0 aromatic heterocycles. The van der Waals surface area contributed by atoms with Gasteiger partial charge in [0.15, 0.2) is 10.7 Å². The average molecular weight is 177 g/mol. The molecule has 0 saturated carbocycles. The molecule has 0 rings (SSSR count). The molecule has 0 aromatic rings. The summed E-state index contributed by atoms with van der Waals surface area (Å²) in [5, 5.41) is 3.25. The molecule has 6 heteroatoms. The maximum atomic E-state index is 8.64. The Balaban J connectivity index is 0. The van der Waals surface area contributed by atoms with Crippen molar-refractivity contribution in [3.8, 4) is 0 Å². The topological polar surface area (TPSA) is 68.1 Å². The molecule has 0 radical (unpaired) electrons. The Morgan fingerprint density at radius 2 is 1.50 bits per heavy atom. The van der Waals surface area contributed by atoms with Gasteiger partial charge in [-0.3, -0.25) is 0 Å². The second kappa shape index (κ2) is 8.82. The van der Waals surface area contributed by atoms with Gasteiger partial charge in [-0.05, 0) is 0 Å². The summed E-state index contributed by atoms with van der Waals surface area (Å²) in [6.45, 7) is 0. The van der Waals surface area contributed by atoms with Crippen LogP contribution in [0.1, 0.15) is 0 Å². The molecule has 0 N–H and O–H groups in total. The molecule has 0 aliphatic carbocycles. The van der Waals surface area contributed by atoms with Gasteiger partial charge in [-0.1, -0.05) is 0 Å². The molecule has 0 saturated heterocycles. The van der Waals surface area contributed by atoms with E-state index in [9.17, 15) is 0 Å². The molecular formula is N2O3Ru. The molecule has 36 valence electrons. The Kier molecular flexibility index (Phi) is 13.5. The van der Waals surface area contributed by atoms with Crippen LogP contribution in [0.2, 0.25) is 0 Å². The number of hydrogen-bond acceptors (Lipinski definition) is 5. The molecule has 0 aromatic carbocycles. The quantitative estimate of drug-likeness (QED) is 0.347. The van der Waals surface area contributed by atoms with Crippen LogP contribution in [0.5, 0.6) is 0 Å². The normalized spacial score (nSPS) is 4.67. The molecule has 0 unspecified atom stereocenters. The van der Waals surface area contributed by atoms with E-state index in [-0.39, 0.29) is 19.5 Å². The summed E-state index contributed by atoms with van der Waals surface area (Å²) >= 11 is 0. The maximum absolute atomic E-state index is 8.64. The van der Waals surface area contributed by atoms with E-state index >= 15 is 0 Å². The van der Waals surface area contributed by atoms with Crippen molar-refractivity contribution in [3.63, 3.8) is 0 Å². The molecule has 0 atom stereocenters. The summed E-state index contributed by atoms with van der Waals surface area (Å²) in [4.78, 5) is 20.2. The molecule has 0 fully saturated rings. The predicted molar refractivity (Wildman–Crippen MR) is 12.7 cm³/mol. The van der Waals surface area contributed by atoms with Crippen molar-refractivity contribution in [1.82, 2.24) is 0 Å². The smallest absolute Gasteiger partial charge is 0.166 e. The zero-order valence-corrected chi connectivity index (χ0v) is 4.21. The fourth-order valence-corrected chi connectivity index (χ4v) is 0.0136. The van der Waals surface area contributed by atoms with Crippen molar-refractivity contribution >= 4 is 0 Å². The van der Waals surface area contributed by atoms with Gasteiger partial charge in [-0.2, -0.15) is 4.94 Å². The minimum absolute atomic E-state index is 0. The van der Waals surface area contributed by atoms with Gasteiger partial charge < -0.3 is 0 Å². The first kappa shape index (κ1) is 9.16. The molecule has 5 nitrogen and oxygen atoms in total. The number of rotatable bonds is 2. The maximum Gasteiger partial charge on any atom is 0.187 e. The minimum Gasteiger partial charge on any atom is -0.166 e. The Labute approximate surface area is 45.7 Å². The fourth-order valence-electron chi connectivity index (χ4n) is 0.0136. The third kappa shape index (κ3) is 9.46. The first-order valence-corrected chi connectivity index (χ1v) is 0.730. The van der Waals surface area contributed by atoms with Crippen LogP contribution in [0.3, 0.4) is 0 Å². The van der Waals surface area contributed by atoms with E-state index in [2.05, 4.69) is 4.94 Å². The SMILES string of the molecule is O=NON=O.[Ru]. The van der Waals surface area contributed by atoms with Gasteiger partial charge in [0.25, 0.3) is 0 Å². The number of nitrogens with zero attached hydrogens (tertiary/aromatic N) is 2. The van der Waals surface area contributed by atoms with E-state index in [0.29, 0.717) is 0 Å². The monoisotopic (exact) mass is 178 g/mol. The number of hydrogen-bond donors (Lipinski definition) is 0. The van der Waals surface area contributed by atoms with Crippen LogP contribution in [0.15, 0.2) is 10.7 Å². The van der Waals surface area contributed by atoms with Gasteiger partial charge in [0.2, 0.25) is 0 Å². The summed E-state index contributed by atoms with van der Waals surface area (Å²) in [5.41, 5.74) is 0. The van der Waals surface area contributed by atoms with Crippen molar-refractivity contribution in [2.75, 3.05) is 0 Å². The third-order valence-corrected chi connectivity index (χ3v) is 0.0667. The van der Waals surface area contributed by atoms with Gasteiger partial charge in [-0.25, -0.2) is 0 Å². The van der Waals surface area contributed by atoms with Crippen LogP contribution in [0.25, 0.3) is 0 Å². The molecule has 0 spiro atoms. The van der Waals surface area contributed by atoms with E-state index in [0.717, 1.165) is 0 Å². The van der Waals surface area contributed by atoms with Gasteiger partial charge >= 0.3 is 0 Å². The standard InChI is InChI=1S/N2O3.Ru/c3-1-5-2-4;. The molecule has 6 heavy (non-hydrogen) atoms. The fraction of sp³-hybridized carbons (Fsp3) is 0. The summed E-state index contributed by atoms with van der Waals surface area (Å²) in [6, 6.07) is 0. The second-order valence-electron chi connectivity index (χ2n) is 0.231. The van der Waals surface area contributed by atoms with Gasteiger partial charge in [0.05, 0.1) is 0 Å². The Bertz CT molecular complexity index is 38.1. The van der Waals surface area contributed by atoms with Crippen molar-refractivity contribution in [3.05, 3.63) is 9.81 Å². The van der Waals surface area contributed by atoms with E-state index in [1.165, 1.54) is 0 Å². The molecule has 0 heterocycles. The predicted octanol–water partition coefficient (Wildman–Crippen LogP) is 0.363. The summed E-state index contributed by atoms with van der Waals surface area (Å²) in [5.74, 6) is 0. The van der Waals surface area contributed by atoms with Crippen LogP contribution in [-0.2, 0) is 24.4 Å². The van der Waals surface area contributed by atoms with Crippen molar-refractivity contribution in [1.29, 1.82) is 0 Å². The molecule has 0 aliphatic heterocycles. The van der Waals surface area contributed by atoms with E-state index < -0.39 is 0 Å². The third-order valence-electron chi connectivity index (χ3n) is 0.0667. The van der Waals surface area contributed by atoms with Crippen LogP contribution < -0.4 is 0 Å². The van der Waals surface area contributed by atoms with E-state index in [1.807, 2.05) is 0 Å². The van der Waals surface area contributed by atoms with Crippen molar-refractivity contribution < 1.29 is 24.4 Å². The Morgan fingerprint density at radius 1 is 1.17 bits per heavy atom. The minimum atomic E-state index is 0. The van der Waals surface area contributed by atoms with Crippen LogP contribution >= 0.6 is 0 Å². The van der Waals surface area contributed by atoms with Crippen molar-refractivity contribution in [2.24, 2.45) is 10.7 Å². The molecular weight excluding hydrogens is 177 g/mol. The van der Waals surface area contributed by atoms with Crippen molar-refractivity contribution in [2.45, 2.75) is 0 Å². The Morgan fingerprint density at radius 3 is 1.50 bits per heavy atom. The first-order valence-electron chi connectivity index (χ1n) is 0.730. The summed E-state index contributed by atoms with van der Waals surface area (Å²) in [7, 11) is 0. The van der Waals surface area contributed by atoms with Gasteiger partial charge in [0.1, 0.15) is 0 Å². The van der Waals surface area contributed by atoms with Crippen LogP contribution in [0.4, 0.5) is 0 Å². The van der Waals surface area contributed by atoms with Crippen LogP contribution in [-0.4, -0.2) is 0 Å². The van der Waals surface area contributed by atoms with Crippen LogP contribution in [0, 0.1) is 9.81 Å². The summed E-state index contributed by atoms with van der Waals surface area (Å²) < 4.78 is 0. The summed E-state index contributed by atoms with van der Waals surface area (Å²) in [6.07, 6.45) is 0. The zero-order chi connectivity index (χ0) is 4.12. The zero-order valence-electron chi connectivity index (χ0n) is 2.47. The van der Waals surface area contributed by atoms with Gasteiger partial charge in [-0.15, -0.1) is 9.81 Å². The van der Waals surface area contributed by atoms with E-state index in [4.69, 9.17) is 9.81 Å².